The van der Waals surface area contributed by atoms with Crippen LogP contribution in [0.2, 0.25) is 0 Å². The summed E-state index contributed by atoms with van der Waals surface area (Å²) in [6.07, 6.45) is 4.96. The number of hydrogen-bond donors (Lipinski definition) is 1. The summed E-state index contributed by atoms with van der Waals surface area (Å²) in [6.45, 7) is 1.03. The highest BCUT2D eigenvalue weighted by Gasteiger charge is 2.34. The number of benzene rings is 1. The van der Waals surface area contributed by atoms with Crippen LogP contribution in [0.4, 0.5) is 0 Å². The largest absolute Gasteiger partial charge is 0.497 e. The molecule has 0 radical (unpaired) electrons. The quantitative estimate of drug-likeness (QED) is 0.791. The number of nitrogens with zero attached hydrogens (tertiary/aromatic N) is 3. The molecule has 0 bridgehead atoms. The third-order valence-corrected chi connectivity index (χ3v) is 6.22. The van der Waals surface area contributed by atoms with Crippen molar-refractivity contribution >= 4 is 15.9 Å². The van der Waals surface area contributed by atoms with Gasteiger partial charge in [0.1, 0.15) is 11.4 Å². The van der Waals surface area contributed by atoms with Gasteiger partial charge in [-0.3, -0.25) is 9.48 Å². The molecule has 1 unspecified atom stereocenters. The van der Waals surface area contributed by atoms with Gasteiger partial charge in [0.15, 0.2) is 0 Å². The SMILES string of the molecule is COc1ccc(CN2CC(NS(C)(=O)=O)Cn3nc4c(c3C2=O)CCCC4)cc1. The van der Waals surface area contributed by atoms with Crippen molar-refractivity contribution in [1.82, 2.24) is 19.4 Å². The Morgan fingerprint density at radius 2 is 1.90 bits per heavy atom. The van der Waals surface area contributed by atoms with Gasteiger partial charge >= 0.3 is 0 Å². The van der Waals surface area contributed by atoms with Gasteiger partial charge in [0.25, 0.3) is 5.91 Å². The molecule has 29 heavy (non-hydrogen) atoms. The molecular formula is C20H26N4O4S. The Morgan fingerprint density at radius 3 is 2.59 bits per heavy atom. The summed E-state index contributed by atoms with van der Waals surface area (Å²) in [5.41, 5.74) is 3.58. The van der Waals surface area contributed by atoms with Crippen LogP contribution in [0.1, 0.15) is 40.2 Å². The fourth-order valence-electron chi connectivity index (χ4n) is 4.21. The summed E-state index contributed by atoms with van der Waals surface area (Å²) in [5.74, 6) is 0.661. The molecule has 4 rings (SSSR count). The monoisotopic (exact) mass is 418 g/mol. The van der Waals surface area contributed by atoms with Gasteiger partial charge in [0, 0.05) is 18.7 Å². The van der Waals surface area contributed by atoms with Crippen molar-refractivity contribution in [2.24, 2.45) is 0 Å². The van der Waals surface area contributed by atoms with Crippen molar-refractivity contribution in [3.05, 3.63) is 46.8 Å². The van der Waals surface area contributed by atoms with E-state index in [1.165, 1.54) is 0 Å². The van der Waals surface area contributed by atoms with Crippen molar-refractivity contribution in [2.45, 2.75) is 44.8 Å². The first-order valence-corrected chi connectivity index (χ1v) is 11.7. The first-order valence-electron chi connectivity index (χ1n) is 9.82. The summed E-state index contributed by atoms with van der Waals surface area (Å²) in [6, 6.07) is 7.12. The first-order chi connectivity index (χ1) is 13.8. The maximum atomic E-state index is 13.5. The molecule has 0 saturated carbocycles. The topological polar surface area (TPSA) is 93.5 Å². The molecule has 0 saturated heterocycles. The van der Waals surface area contributed by atoms with E-state index in [2.05, 4.69) is 9.82 Å². The predicted molar refractivity (Wildman–Crippen MR) is 108 cm³/mol. The molecule has 1 aromatic carbocycles. The standard InChI is InChI=1S/C20H26N4O4S/c1-28-16-9-7-14(8-10-16)11-23-12-15(22-29(2,26)27)13-24-19(20(23)25)17-5-3-4-6-18(17)21-24/h7-10,15,22H,3-6,11-13H2,1-2H3. The van der Waals surface area contributed by atoms with Gasteiger partial charge in [-0.15, -0.1) is 0 Å². The molecule has 2 aromatic rings. The zero-order chi connectivity index (χ0) is 20.6. The summed E-state index contributed by atoms with van der Waals surface area (Å²) >= 11 is 0. The number of rotatable bonds is 5. The highest BCUT2D eigenvalue weighted by Crippen LogP contribution is 2.28. The smallest absolute Gasteiger partial charge is 0.272 e. The van der Waals surface area contributed by atoms with Gasteiger partial charge in [0.05, 0.1) is 31.6 Å². The number of fused-ring (bicyclic) bond motifs is 3. The van der Waals surface area contributed by atoms with E-state index in [1.807, 2.05) is 24.3 Å². The Balaban J connectivity index is 1.69. The molecule has 0 fully saturated rings. The molecule has 1 atom stereocenters. The zero-order valence-electron chi connectivity index (χ0n) is 16.7. The summed E-state index contributed by atoms with van der Waals surface area (Å²) in [7, 11) is -1.80. The molecule has 1 aliphatic carbocycles. The Bertz CT molecular complexity index is 1010. The summed E-state index contributed by atoms with van der Waals surface area (Å²) < 4.78 is 33.3. The lowest BCUT2D eigenvalue weighted by molar-refractivity contribution is 0.0735. The van der Waals surface area contributed by atoms with Crippen LogP contribution in [0.5, 0.6) is 5.75 Å². The maximum absolute atomic E-state index is 13.5. The van der Waals surface area contributed by atoms with E-state index in [1.54, 1.807) is 16.7 Å². The molecule has 2 aliphatic rings. The molecule has 8 nitrogen and oxygen atoms in total. The molecule has 156 valence electrons. The second-order valence-electron chi connectivity index (χ2n) is 7.78. The molecule has 9 heteroatoms. The number of hydrogen-bond acceptors (Lipinski definition) is 5. The number of sulfonamides is 1. The number of carbonyl (C=O) groups excluding carboxylic acids is 1. The van der Waals surface area contributed by atoms with Gasteiger partial charge in [-0.1, -0.05) is 12.1 Å². The Hall–Kier alpha value is -2.39. The van der Waals surface area contributed by atoms with Crippen LogP contribution in [-0.2, 0) is 36.0 Å². The van der Waals surface area contributed by atoms with Crippen LogP contribution < -0.4 is 9.46 Å². The minimum absolute atomic E-state index is 0.0886. The van der Waals surface area contributed by atoms with Crippen molar-refractivity contribution in [2.75, 3.05) is 19.9 Å². The molecule has 2 heterocycles. The third-order valence-electron chi connectivity index (χ3n) is 5.46. The number of methoxy groups -OCH3 is 1. The molecular weight excluding hydrogens is 392 g/mol. The normalized spacial score (nSPS) is 19.4. The lowest BCUT2D eigenvalue weighted by atomic mass is 9.95. The zero-order valence-corrected chi connectivity index (χ0v) is 17.5. The van der Waals surface area contributed by atoms with E-state index in [0.29, 0.717) is 18.8 Å². The van der Waals surface area contributed by atoms with Crippen molar-refractivity contribution < 1.29 is 17.9 Å². The van der Waals surface area contributed by atoms with Crippen LogP contribution in [-0.4, -0.2) is 55.0 Å². The van der Waals surface area contributed by atoms with Gasteiger partial charge in [-0.05, 0) is 43.4 Å². The number of nitrogens with one attached hydrogen (secondary N) is 1. The summed E-state index contributed by atoms with van der Waals surface area (Å²) in [4.78, 5) is 15.2. The second kappa shape index (κ2) is 7.79. The molecule has 1 N–H and O–H groups in total. The highest BCUT2D eigenvalue weighted by atomic mass is 32.2. The highest BCUT2D eigenvalue weighted by molar-refractivity contribution is 7.88. The minimum atomic E-state index is -3.41. The van der Waals surface area contributed by atoms with Gasteiger partial charge < -0.3 is 9.64 Å². The van der Waals surface area contributed by atoms with E-state index in [-0.39, 0.29) is 12.5 Å². The fraction of sp³-hybridized carbons (Fsp3) is 0.500. The predicted octanol–water partition coefficient (Wildman–Crippen LogP) is 1.34. The Kier molecular flexibility index (Phi) is 5.35. The lowest BCUT2D eigenvalue weighted by Gasteiger charge is -2.25. The first kappa shape index (κ1) is 19.9. The van der Waals surface area contributed by atoms with E-state index in [9.17, 15) is 13.2 Å². The van der Waals surface area contributed by atoms with E-state index < -0.39 is 16.1 Å². The molecule has 1 aliphatic heterocycles. The minimum Gasteiger partial charge on any atom is -0.497 e. The molecule has 1 aromatic heterocycles. The number of amides is 1. The number of carbonyl (C=O) groups is 1. The van der Waals surface area contributed by atoms with E-state index in [4.69, 9.17) is 4.74 Å². The maximum Gasteiger partial charge on any atom is 0.272 e. The lowest BCUT2D eigenvalue weighted by Crippen LogP contribution is -2.45. The van der Waals surface area contributed by atoms with Gasteiger partial charge in [-0.2, -0.15) is 5.10 Å². The van der Waals surface area contributed by atoms with Crippen LogP contribution in [0.25, 0.3) is 0 Å². The van der Waals surface area contributed by atoms with Crippen LogP contribution in [0, 0.1) is 0 Å². The summed E-state index contributed by atoms with van der Waals surface area (Å²) in [5, 5.41) is 4.66. The van der Waals surface area contributed by atoms with Crippen molar-refractivity contribution in [3.8, 4) is 5.75 Å². The molecule has 1 amide bonds. The van der Waals surface area contributed by atoms with E-state index >= 15 is 0 Å². The Labute approximate surface area is 170 Å². The van der Waals surface area contributed by atoms with Crippen molar-refractivity contribution in [3.63, 3.8) is 0 Å². The van der Waals surface area contributed by atoms with Crippen molar-refractivity contribution in [1.29, 1.82) is 0 Å². The van der Waals surface area contributed by atoms with Gasteiger partial charge in [0.2, 0.25) is 10.0 Å². The number of aromatic nitrogens is 2. The van der Waals surface area contributed by atoms with E-state index in [0.717, 1.165) is 54.5 Å². The average molecular weight is 419 g/mol. The second-order valence-corrected chi connectivity index (χ2v) is 9.56. The average Bonchev–Trinajstić information content (AvgIpc) is 2.98. The number of ether oxygens (including phenoxy) is 1. The number of aryl methyl sites for hydroxylation is 1. The van der Waals surface area contributed by atoms with Crippen LogP contribution in [0.3, 0.4) is 0 Å². The molecule has 0 spiro atoms. The van der Waals surface area contributed by atoms with Crippen LogP contribution >= 0.6 is 0 Å². The Morgan fingerprint density at radius 1 is 1.17 bits per heavy atom. The van der Waals surface area contributed by atoms with Crippen LogP contribution in [0.15, 0.2) is 24.3 Å². The van der Waals surface area contributed by atoms with Gasteiger partial charge in [-0.25, -0.2) is 13.1 Å². The fourth-order valence-corrected chi connectivity index (χ4v) is 4.96. The third kappa shape index (κ3) is 4.30.